The summed E-state index contributed by atoms with van der Waals surface area (Å²) in [6.45, 7) is 0.152. The van der Waals surface area contributed by atoms with Crippen LogP contribution >= 0.6 is 23.2 Å². The molecule has 4 nitrogen and oxygen atoms in total. The lowest BCUT2D eigenvalue weighted by Crippen LogP contribution is -2.01. The topological polar surface area (TPSA) is 52.6 Å². The number of hydrogen-bond donors (Lipinski definition) is 0. The van der Waals surface area contributed by atoms with Crippen LogP contribution in [0.15, 0.2) is 72.8 Å². The third kappa shape index (κ3) is 6.75. The Hall–Kier alpha value is -2.56. The highest BCUT2D eigenvalue weighted by Gasteiger charge is 2.03. The standard InChI is InChI=1S/C20H16Cl2O4/c21-17-9-3-1-7-15(17)13-25-19(23)11-5-6-12-20(24)26-14-16-8-2-4-10-18(16)22/h1-12H,13-14H2/b11-5+,12-6+. The van der Waals surface area contributed by atoms with E-state index in [1.165, 1.54) is 24.3 Å². The van der Waals surface area contributed by atoms with Crippen molar-refractivity contribution in [1.29, 1.82) is 0 Å². The summed E-state index contributed by atoms with van der Waals surface area (Å²) in [6.07, 6.45) is 5.20. The number of allylic oxidation sites excluding steroid dienone is 2. The first-order valence-corrected chi connectivity index (χ1v) is 8.47. The Morgan fingerprint density at radius 2 is 1.12 bits per heavy atom. The van der Waals surface area contributed by atoms with Gasteiger partial charge in [-0.2, -0.15) is 0 Å². The lowest BCUT2D eigenvalue weighted by Gasteiger charge is -2.04. The van der Waals surface area contributed by atoms with E-state index >= 15 is 0 Å². The largest absolute Gasteiger partial charge is 0.458 e. The van der Waals surface area contributed by atoms with Gasteiger partial charge in [0, 0.05) is 33.3 Å². The number of halogens is 2. The molecular formula is C20H16Cl2O4. The van der Waals surface area contributed by atoms with E-state index in [-0.39, 0.29) is 13.2 Å². The second kappa shape index (κ2) is 10.4. The molecular weight excluding hydrogens is 375 g/mol. The summed E-state index contributed by atoms with van der Waals surface area (Å²) in [5, 5.41) is 1.07. The molecule has 2 aromatic rings. The van der Waals surface area contributed by atoms with Gasteiger partial charge in [0.2, 0.25) is 0 Å². The van der Waals surface area contributed by atoms with Crippen molar-refractivity contribution < 1.29 is 19.1 Å². The molecule has 0 unspecified atom stereocenters. The van der Waals surface area contributed by atoms with Gasteiger partial charge in [-0.25, -0.2) is 9.59 Å². The molecule has 0 bridgehead atoms. The first-order chi connectivity index (χ1) is 12.6. The summed E-state index contributed by atoms with van der Waals surface area (Å²) in [6, 6.07) is 14.2. The number of hydrogen-bond acceptors (Lipinski definition) is 4. The van der Waals surface area contributed by atoms with Crippen molar-refractivity contribution in [3.63, 3.8) is 0 Å². The molecule has 0 spiro atoms. The molecule has 0 radical (unpaired) electrons. The zero-order valence-electron chi connectivity index (χ0n) is 13.7. The maximum absolute atomic E-state index is 11.6. The van der Waals surface area contributed by atoms with Crippen molar-refractivity contribution in [1.82, 2.24) is 0 Å². The minimum absolute atomic E-state index is 0.0758. The van der Waals surface area contributed by atoms with Gasteiger partial charge in [0.05, 0.1) is 0 Å². The predicted molar refractivity (Wildman–Crippen MR) is 101 cm³/mol. The molecule has 0 aliphatic carbocycles. The summed E-state index contributed by atoms with van der Waals surface area (Å²) in [4.78, 5) is 23.2. The maximum Gasteiger partial charge on any atom is 0.331 e. The third-order valence-corrected chi connectivity index (χ3v) is 3.97. The molecule has 0 aromatic heterocycles. The van der Waals surface area contributed by atoms with E-state index in [1.807, 2.05) is 12.1 Å². The second-order valence-electron chi connectivity index (χ2n) is 5.12. The van der Waals surface area contributed by atoms with E-state index < -0.39 is 11.9 Å². The first kappa shape index (κ1) is 19.8. The van der Waals surface area contributed by atoms with E-state index in [4.69, 9.17) is 32.7 Å². The summed E-state index contributed by atoms with van der Waals surface area (Å²) in [5.74, 6) is -1.09. The summed E-state index contributed by atoms with van der Waals surface area (Å²) < 4.78 is 10.1. The molecule has 2 rings (SSSR count). The van der Waals surface area contributed by atoms with Crippen LogP contribution in [0.3, 0.4) is 0 Å². The van der Waals surface area contributed by atoms with Crippen LogP contribution in [0.5, 0.6) is 0 Å². The molecule has 0 N–H and O–H groups in total. The van der Waals surface area contributed by atoms with Gasteiger partial charge in [-0.05, 0) is 12.1 Å². The number of carbonyl (C=O) groups is 2. The molecule has 0 fully saturated rings. The molecule has 134 valence electrons. The second-order valence-corrected chi connectivity index (χ2v) is 5.93. The average Bonchev–Trinajstić information content (AvgIpc) is 2.64. The first-order valence-electron chi connectivity index (χ1n) is 7.71. The van der Waals surface area contributed by atoms with Crippen molar-refractivity contribution in [2.75, 3.05) is 0 Å². The zero-order valence-corrected chi connectivity index (χ0v) is 15.2. The van der Waals surface area contributed by atoms with E-state index in [1.54, 1.807) is 36.4 Å². The van der Waals surface area contributed by atoms with E-state index in [2.05, 4.69) is 0 Å². The Morgan fingerprint density at radius 3 is 1.50 bits per heavy atom. The Labute approximate surface area is 161 Å². The van der Waals surface area contributed by atoms with Crippen LogP contribution < -0.4 is 0 Å². The molecule has 0 aliphatic heterocycles. The van der Waals surface area contributed by atoms with Gasteiger partial charge in [-0.3, -0.25) is 0 Å². The fourth-order valence-electron chi connectivity index (χ4n) is 1.89. The van der Waals surface area contributed by atoms with Crippen LogP contribution in [0.25, 0.3) is 0 Å². The fourth-order valence-corrected chi connectivity index (χ4v) is 2.27. The van der Waals surface area contributed by atoms with E-state index in [9.17, 15) is 9.59 Å². The number of ether oxygens (including phenoxy) is 2. The van der Waals surface area contributed by atoms with Crippen LogP contribution in [0.2, 0.25) is 10.0 Å². The highest BCUT2D eigenvalue weighted by atomic mass is 35.5. The summed E-state index contributed by atoms with van der Waals surface area (Å²) in [7, 11) is 0. The zero-order chi connectivity index (χ0) is 18.8. The molecule has 0 saturated heterocycles. The number of rotatable bonds is 7. The van der Waals surface area contributed by atoms with Crippen LogP contribution in [0, 0.1) is 0 Å². The van der Waals surface area contributed by atoms with Gasteiger partial charge in [0.1, 0.15) is 13.2 Å². The SMILES string of the molecule is O=C(/C=C/C=C/C(=O)OCc1ccccc1Cl)OCc1ccccc1Cl. The van der Waals surface area contributed by atoms with Gasteiger partial charge in [-0.1, -0.05) is 71.8 Å². The summed E-state index contributed by atoms with van der Waals surface area (Å²) in [5.41, 5.74) is 1.43. The van der Waals surface area contributed by atoms with Crippen molar-refractivity contribution in [3.8, 4) is 0 Å². The average molecular weight is 391 g/mol. The molecule has 0 saturated carbocycles. The van der Waals surface area contributed by atoms with Gasteiger partial charge < -0.3 is 9.47 Å². The van der Waals surface area contributed by atoms with Crippen LogP contribution in [-0.4, -0.2) is 11.9 Å². The molecule has 0 aliphatic rings. The Bertz CT molecular complexity index is 759. The molecule has 26 heavy (non-hydrogen) atoms. The van der Waals surface area contributed by atoms with E-state index in [0.717, 1.165) is 11.1 Å². The monoisotopic (exact) mass is 390 g/mol. The van der Waals surface area contributed by atoms with Gasteiger partial charge in [-0.15, -0.1) is 0 Å². The van der Waals surface area contributed by atoms with Crippen LogP contribution in [0.4, 0.5) is 0 Å². The summed E-state index contributed by atoms with van der Waals surface area (Å²) >= 11 is 11.9. The molecule has 0 atom stereocenters. The Kier molecular flexibility index (Phi) is 7.93. The smallest absolute Gasteiger partial charge is 0.331 e. The van der Waals surface area contributed by atoms with Crippen LogP contribution in [-0.2, 0) is 32.3 Å². The van der Waals surface area contributed by atoms with Crippen LogP contribution in [0.1, 0.15) is 11.1 Å². The molecule has 6 heteroatoms. The number of carbonyl (C=O) groups excluding carboxylic acids is 2. The van der Waals surface area contributed by atoms with Crippen molar-refractivity contribution >= 4 is 35.1 Å². The third-order valence-electron chi connectivity index (χ3n) is 3.23. The van der Waals surface area contributed by atoms with Crippen molar-refractivity contribution in [2.45, 2.75) is 13.2 Å². The predicted octanol–water partition coefficient (Wildman–Crippen LogP) is 4.89. The molecule has 0 heterocycles. The van der Waals surface area contributed by atoms with Gasteiger partial charge in [0.15, 0.2) is 0 Å². The molecule has 2 aromatic carbocycles. The minimum Gasteiger partial charge on any atom is -0.458 e. The highest BCUT2D eigenvalue weighted by Crippen LogP contribution is 2.16. The van der Waals surface area contributed by atoms with Crippen molar-refractivity contribution in [2.24, 2.45) is 0 Å². The lowest BCUT2D eigenvalue weighted by atomic mass is 10.2. The Balaban J connectivity index is 1.72. The normalized spacial score (nSPS) is 11.0. The van der Waals surface area contributed by atoms with Gasteiger partial charge >= 0.3 is 11.9 Å². The number of benzene rings is 2. The highest BCUT2D eigenvalue weighted by molar-refractivity contribution is 6.31. The van der Waals surface area contributed by atoms with Crippen molar-refractivity contribution in [3.05, 3.63) is 94.0 Å². The Morgan fingerprint density at radius 1 is 0.731 bits per heavy atom. The quantitative estimate of drug-likeness (QED) is 0.383. The van der Waals surface area contributed by atoms with Gasteiger partial charge in [0.25, 0.3) is 0 Å². The van der Waals surface area contributed by atoms with E-state index in [0.29, 0.717) is 10.0 Å². The fraction of sp³-hybridized carbons (Fsp3) is 0.100. The molecule has 0 amide bonds. The maximum atomic E-state index is 11.6. The minimum atomic E-state index is -0.543. The number of esters is 2. The lowest BCUT2D eigenvalue weighted by molar-refractivity contribution is -0.140.